The highest BCUT2D eigenvalue weighted by Crippen LogP contribution is 2.27. The second-order valence-electron chi connectivity index (χ2n) is 5.64. The number of carbonyl (C=O) groups excluding carboxylic acids is 1. The number of benzene rings is 1. The lowest BCUT2D eigenvalue weighted by atomic mass is 9.83. The summed E-state index contributed by atoms with van der Waals surface area (Å²) < 4.78 is 22.3. The van der Waals surface area contributed by atoms with E-state index in [2.05, 4.69) is 12.2 Å². The molecular formula is C14H20N2O3S. The molecule has 2 rings (SSSR count). The molecule has 0 saturated heterocycles. The molecule has 110 valence electrons. The summed E-state index contributed by atoms with van der Waals surface area (Å²) in [5.41, 5.74) is 0.290. The van der Waals surface area contributed by atoms with Gasteiger partial charge in [0.05, 0.1) is 4.90 Å². The minimum absolute atomic E-state index is 0.0120. The standard InChI is InChI=1S/C14H20N2O3S/c1-14(9-3-2-4-10-14)16-13(17)11-5-7-12(8-6-11)20(15,18)19/h5-8H,2-4,9-10H2,1H3,(H,16,17)(H2,15,18,19). The minimum Gasteiger partial charge on any atom is -0.347 e. The summed E-state index contributed by atoms with van der Waals surface area (Å²) in [4.78, 5) is 12.2. The molecule has 1 saturated carbocycles. The summed E-state index contributed by atoms with van der Waals surface area (Å²) in [5, 5.41) is 8.08. The highest BCUT2D eigenvalue weighted by molar-refractivity contribution is 7.89. The summed E-state index contributed by atoms with van der Waals surface area (Å²) >= 11 is 0. The molecule has 0 bridgehead atoms. The lowest BCUT2D eigenvalue weighted by Gasteiger charge is -2.34. The van der Waals surface area contributed by atoms with Crippen LogP contribution in [0, 0.1) is 0 Å². The molecule has 1 aromatic carbocycles. The van der Waals surface area contributed by atoms with Crippen LogP contribution in [0.25, 0.3) is 0 Å². The van der Waals surface area contributed by atoms with Crippen LogP contribution in [0.3, 0.4) is 0 Å². The van der Waals surface area contributed by atoms with Gasteiger partial charge < -0.3 is 5.32 Å². The van der Waals surface area contributed by atoms with Gasteiger partial charge in [-0.3, -0.25) is 4.79 Å². The Balaban J connectivity index is 2.09. The van der Waals surface area contributed by atoms with Crippen molar-refractivity contribution in [2.24, 2.45) is 5.14 Å². The molecule has 6 heteroatoms. The summed E-state index contributed by atoms with van der Waals surface area (Å²) in [6.45, 7) is 2.06. The quantitative estimate of drug-likeness (QED) is 0.891. The van der Waals surface area contributed by atoms with Crippen molar-refractivity contribution in [3.05, 3.63) is 29.8 Å². The largest absolute Gasteiger partial charge is 0.347 e. The summed E-state index contributed by atoms with van der Waals surface area (Å²) in [6.07, 6.45) is 5.43. The number of rotatable bonds is 3. The summed E-state index contributed by atoms with van der Waals surface area (Å²) in [7, 11) is -3.72. The zero-order valence-corrected chi connectivity index (χ0v) is 12.4. The van der Waals surface area contributed by atoms with E-state index in [9.17, 15) is 13.2 Å². The normalized spacial score (nSPS) is 18.5. The molecule has 3 N–H and O–H groups in total. The molecule has 0 aromatic heterocycles. The number of carbonyl (C=O) groups is 1. The van der Waals surface area contributed by atoms with Crippen LogP contribution in [0.15, 0.2) is 29.2 Å². The average Bonchev–Trinajstić information content (AvgIpc) is 2.38. The third-order valence-corrected chi connectivity index (χ3v) is 4.75. The van der Waals surface area contributed by atoms with Crippen LogP contribution in [0.1, 0.15) is 49.4 Å². The van der Waals surface area contributed by atoms with Crippen LogP contribution in [-0.2, 0) is 10.0 Å². The third kappa shape index (κ3) is 3.58. The maximum absolute atomic E-state index is 12.2. The van der Waals surface area contributed by atoms with Gasteiger partial charge in [-0.1, -0.05) is 19.3 Å². The van der Waals surface area contributed by atoms with Crippen molar-refractivity contribution < 1.29 is 13.2 Å². The van der Waals surface area contributed by atoms with E-state index in [1.807, 2.05) is 0 Å². The second-order valence-corrected chi connectivity index (χ2v) is 7.21. The first-order chi connectivity index (χ1) is 9.30. The van der Waals surface area contributed by atoms with E-state index in [0.29, 0.717) is 5.56 Å². The molecule has 1 aromatic rings. The Morgan fingerprint density at radius 2 is 1.70 bits per heavy atom. The first-order valence-electron chi connectivity index (χ1n) is 6.76. The van der Waals surface area contributed by atoms with Crippen LogP contribution < -0.4 is 10.5 Å². The first-order valence-corrected chi connectivity index (χ1v) is 8.30. The van der Waals surface area contributed by atoms with Crippen molar-refractivity contribution in [1.29, 1.82) is 0 Å². The van der Waals surface area contributed by atoms with Crippen molar-refractivity contribution in [1.82, 2.24) is 5.32 Å². The van der Waals surface area contributed by atoms with E-state index in [0.717, 1.165) is 25.7 Å². The van der Waals surface area contributed by atoms with E-state index in [4.69, 9.17) is 5.14 Å². The highest BCUT2D eigenvalue weighted by atomic mass is 32.2. The maximum atomic E-state index is 12.2. The number of nitrogens with two attached hydrogens (primary N) is 1. The third-order valence-electron chi connectivity index (χ3n) is 3.82. The molecule has 20 heavy (non-hydrogen) atoms. The highest BCUT2D eigenvalue weighted by Gasteiger charge is 2.28. The minimum atomic E-state index is -3.72. The van der Waals surface area contributed by atoms with E-state index >= 15 is 0 Å². The van der Waals surface area contributed by atoms with Gasteiger partial charge in [-0.15, -0.1) is 0 Å². The molecule has 0 unspecified atom stereocenters. The molecule has 1 aliphatic carbocycles. The molecule has 0 aliphatic heterocycles. The Morgan fingerprint density at radius 1 is 1.15 bits per heavy atom. The fourth-order valence-electron chi connectivity index (χ4n) is 2.60. The van der Waals surface area contributed by atoms with Gasteiger partial charge in [0.15, 0.2) is 0 Å². The second kappa shape index (κ2) is 5.54. The number of amides is 1. The van der Waals surface area contributed by atoms with Gasteiger partial charge in [0.1, 0.15) is 0 Å². The molecule has 1 amide bonds. The van der Waals surface area contributed by atoms with Crippen molar-refractivity contribution in [3.8, 4) is 0 Å². The van der Waals surface area contributed by atoms with Crippen molar-refractivity contribution in [3.63, 3.8) is 0 Å². The van der Waals surface area contributed by atoms with E-state index < -0.39 is 10.0 Å². The zero-order chi connectivity index (χ0) is 14.8. The Kier molecular flexibility index (Phi) is 4.15. The monoisotopic (exact) mass is 296 g/mol. The van der Waals surface area contributed by atoms with Crippen molar-refractivity contribution in [2.45, 2.75) is 49.5 Å². The summed E-state index contributed by atoms with van der Waals surface area (Å²) in [5.74, 6) is -0.171. The van der Waals surface area contributed by atoms with Crippen LogP contribution in [0.4, 0.5) is 0 Å². The molecule has 0 radical (unpaired) electrons. The predicted octanol–water partition coefficient (Wildman–Crippen LogP) is 1.79. The lowest BCUT2D eigenvalue weighted by molar-refractivity contribution is 0.0882. The number of sulfonamides is 1. The fourth-order valence-corrected chi connectivity index (χ4v) is 3.11. The molecule has 0 spiro atoms. The van der Waals surface area contributed by atoms with Crippen molar-refractivity contribution >= 4 is 15.9 Å². The average molecular weight is 296 g/mol. The molecular weight excluding hydrogens is 276 g/mol. The molecule has 1 aliphatic rings. The molecule has 0 atom stereocenters. The predicted molar refractivity (Wildman–Crippen MR) is 76.8 cm³/mol. The van der Waals surface area contributed by atoms with Crippen molar-refractivity contribution in [2.75, 3.05) is 0 Å². The van der Waals surface area contributed by atoms with Gasteiger partial charge >= 0.3 is 0 Å². The lowest BCUT2D eigenvalue weighted by Crippen LogP contribution is -2.47. The summed E-state index contributed by atoms with van der Waals surface area (Å²) in [6, 6.07) is 5.68. The Labute approximate surface area is 119 Å². The first kappa shape index (κ1) is 15.0. The van der Waals surface area contributed by atoms with Gasteiger partial charge in [0.2, 0.25) is 10.0 Å². The van der Waals surface area contributed by atoms with Gasteiger partial charge in [0, 0.05) is 11.1 Å². The topological polar surface area (TPSA) is 89.3 Å². The van der Waals surface area contributed by atoms with Gasteiger partial charge in [-0.2, -0.15) is 0 Å². The SMILES string of the molecule is CC1(NC(=O)c2ccc(S(N)(=O)=O)cc2)CCCCC1. The molecule has 0 heterocycles. The smallest absolute Gasteiger partial charge is 0.251 e. The zero-order valence-electron chi connectivity index (χ0n) is 11.6. The maximum Gasteiger partial charge on any atom is 0.251 e. The van der Waals surface area contributed by atoms with Gasteiger partial charge in [0.25, 0.3) is 5.91 Å². The van der Waals surface area contributed by atoms with Crippen LogP contribution in [0.5, 0.6) is 0 Å². The van der Waals surface area contributed by atoms with E-state index in [1.165, 1.54) is 30.7 Å². The Bertz CT molecular complexity index is 587. The van der Waals surface area contributed by atoms with E-state index in [-0.39, 0.29) is 16.3 Å². The number of hydrogen-bond donors (Lipinski definition) is 2. The van der Waals surface area contributed by atoms with Gasteiger partial charge in [-0.25, -0.2) is 13.6 Å². The van der Waals surface area contributed by atoms with Crippen LogP contribution >= 0.6 is 0 Å². The van der Waals surface area contributed by atoms with Gasteiger partial charge in [-0.05, 0) is 44.0 Å². The Morgan fingerprint density at radius 3 is 2.20 bits per heavy atom. The molecule has 1 fully saturated rings. The Hall–Kier alpha value is -1.40. The van der Waals surface area contributed by atoms with Crippen LogP contribution in [0.2, 0.25) is 0 Å². The fraction of sp³-hybridized carbons (Fsp3) is 0.500. The number of primary sulfonamides is 1. The molecule has 5 nitrogen and oxygen atoms in total. The van der Waals surface area contributed by atoms with Crippen LogP contribution in [-0.4, -0.2) is 19.9 Å². The number of hydrogen-bond acceptors (Lipinski definition) is 3. The van der Waals surface area contributed by atoms with E-state index in [1.54, 1.807) is 0 Å². The number of nitrogens with one attached hydrogen (secondary N) is 1.